The van der Waals surface area contributed by atoms with Crippen molar-refractivity contribution in [2.45, 2.75) is 74.2 Å². The van der Waals surface area contributed by atoms with Gasteiger partial charge in [-0.1, -0.05) is 0 Å². The summed E-state index contributed by atoms with van der Waals surface area (Å²) in [5.41, 5.74) is 4.91. The first-order valence-electron chi connectivity index (χ1n) is 8.84. The van der Waals surface area contributed by atoms with E-state index >= 15 is 0 Å². The highest BCUT2D eigenvalue weighted by Crippen LogP contribution is 2.30. The Morgan fingerprint density at radius 1 is 1.27 bits per heavy atom. The molecule has 0 spiro atoms. The van der Waals surface area contributed by atoms with Crippen LogP contribution in [-0.2, 0) is 14.2 Å². The molecule has 0 bridgehead atoms. The molecule has 8 N–H and O–H groups in total. The van der Waals surface area contributed by atoms with E-state index in [9.17, 15) is 25.5 Å². The number of ether oxygens (including phenoxy) is 3. The molecule has 154 valence electrons. The zero-order valence-corrected chi connectivity index (χ0v) is 15.2. The largest absolute Gasteiger partial charge is 0.395 e. The maximum atomic E-state index is 10.7. The van der Waals surface area contributed by atoms with Crippen molar-refractivity contribution in [1.82, 2.24) is 5.32 Å². The molecule has 5 unspecified atom stereocenters. The van der Waals surface area contributed by atoms with Crippen LogP contribution in [-0.4, -0.2) is 107 Å². The molecule has 1 aliphatic heterocycles. The van der Waals surface area contributed by atoms with Crippen LogP contribution >= 0.6 is 0 Å². The van der Waals surface area contributed by atoms with Gasteiger partial charge in [-0.25, -0.2) is 0 Å². The molecule has 2 aliphatic rings. The predicted molar refractivity (Wildman–Crippen MR) is 90.1 cm³/mol. The molecule has 1 heterocycles. The number of aliphatic hydroxyl groups is 5. The summed E-state index contributed by atoms with van der Waals surface area (Å²) in [5.74, 6) is 0. The van der Waals surface area contributed by atoms with Crippen molar-refractivity contribution in [2.75, 3.05) is 26.9 Å². The van der Waals surface area contributed by atoms with Gasteiger partial charge in [-0.15, -0.1) is 0 Å². The van der Waals surface area contributed by atoms with E-state index in [0.29, 0.717) is 6.42 Å². The summed E-state index contributed by atoms with van der Waals surface area (Å²) in [7, 11) is 1.44. The molecule has 8 atom stereocenters. The van der Waals surface area contributed by atoms with E-state index in [-0.39, 0.29) is 26.2 Å². The SMILES string of the molecule is CO[C@@H]1C(N)CC(NC(CO)CO)[C@H](OC2OC[C@](C)(O)CC2O)C1O. The van der Waals surface area contributed by atoms with Crippen LogP contribution in [0.4, 0.5) is 0 Å². The predicted octanol–water partition coefficient (Wildman–Crippen LogP) is -3.35. The van der Waals surface area contributed by atoms with Crippen LogP contribution in [0.3, 0.4) is 0 Å². The topological polar surface area (TPSA) is 167 Å². The molecule has 0 aromatic rings. The van der Waals surface area contributed by atoms with E-state index in [4.69, 9.17) is 19.9 Å². The van der Waals surface area contributed by atoms with Gasteiger partial charge in [0.2, 0.25) is 0 Å². The lowest BCUT2D eigenvalue weighted by Gasteiger charge is -2.46. The summed E-state index contributed by atoms with van der Waals surface area (Å²) >= 11 is 0. The first-order valence-corrected chi connectivity index (χ1v) is 8.84. The van der Waals surface area contributed by atoms with E-state index in [0.717, 1.165) is 0 Å². The summed E-state index contributed by atoms with van der Waals surface area (Å²) in [5, 5.41) is 52.5. The highest BCUT2D eigenvalue weighted by Gasteiger charge is 2.47. The van der Waals surface area contributed by atoms with Gasteiger partial charge in [0.1, 0.15) is 24.4 Å². The van der Waals surface area contributed by atoms with Gasteiger partial charge in [-0.3, -0.25) is 0 Å². The van der Waals surface area contributed by atoms with Gasteiger partial charge in [0, 0.05) is 25.6 Å². The van der Waals surface area contributed by atoms with Crippen LogP contribution in [0.5, 0.6) is 0 Å². The van der Waals surface area contributed by atoms with Crippen LogP contribution < -0.4 is 11.1 Å². The Kier molecular flexibility index (Phi) is 7.74. The molecule has 1 saturated carbocycles. The minimum atomic E-state index is -1.15. The highest BCUT2D eigenvalue weighted by atomic mass is 16.7. The van der Waals surface area contributed by atoms with E-state index < -0.39 is 54.4 Å². The first-order chi connectivity index (χ1) is 12.2. The van der Waals surface area contributed by atoms with Crippen molar-refractivity contribution >= 4 is 0 Å². The molecule has 10 heteroatoms. The molecule has 2 rings (SSSR count). The summed E-state index contributed by atoms with van der Waals surface area (Å²) in [6.45, 7) is 0.937. The van der Waals surface area contributed by atoms with Crippen molar-refractivity contribution in [2.24, 2.45) is 5.73 Å². The Balaban J connectivity index is 2.13. The summed E-state index contributed by atoms with van der Waals surface area (Å²) in [6.07, 6.45) is -4.33. The van der Waals surface area contributed by atoms with E-state index in [1.54, 1.807) is 6.92 Å². The molecule has 2 fully saturated rings. The van der Waals surface area contributed by atoms with Crippen molar-refractivity contribution in [3.05, 3.63) is 0 Å². The number of nitrogens with two attached hydrogens (primary N) is 1. The maximum absolute atomic E-state index is 10.7. The Morgan fingerprint density at radius 2 is 1.92 bits per heavy atom. The van der Waals surface area contributed by atoms with Crippen molar-refractivity contribution in [3.8, 4) is 0 Å². The van der Waals surface area contributed by atoms with Gasteiger partial charge >= 0.3 is 0 Å². The Morgan fingerprint density at radius 3 is 2.46 bits per heavy atom. The van der Waals surface area contributed by atoms with Crippen LogP contribution in [0, 0.1) is 0 Å². The minimum absolute atomic E-state index is 0.0151. The van der Waals surface area contributed by atoms with Gasteiger partial charge in [-0.05, 0) is 13.3 Å². The number of hydrogen-bond acceptors (Lipinski definition) is 10. The Bertz CT molecular complexity index is 436. The summed E-state index contributed by atoms with van der Waals surface area (Å²) in [6, 6.07) is -1.60. The molecule has 0 amide bonds. The first kappa shape index (κ1) is 21.9. The molecule has 0 radical (unpaired) electrons. The van der Waals surface area contributed by atoms with Gasteiger partial charge in [0.15, 0.2) is 6.29 Å². The van der Waals surface area contributed by atoms with Crippen molar-refractivity contribution in [3.63, 3.8) is 0 Å². The molecule has 0 aromatic carbocycles. The van der Waals surface area contributed by atoms with Crippen molar-refractivity contribution in [1.29, 1.82) is 0 Å². The third-order valence-electron chi connectivity index (χ3n) is 4.99. The third-order valence-corrected chi connectivity index (χ3v) is 4.99. The molecule has 1 aliphatic carbocycles. The van der Waals surface area contributed by atoms with Gasteiger partial charge in [0.05, 0.1) is 31.5 Å². The zero-order chi connectivity index (χ0) is 19.5. The second-order valence-corrected chi connectivity index (χ2v) is 7.47. The fraction of sp³-hybridized carbons (Fsp3) is 1.00. The second-order valence-electron chi connectivity index (χ2n) is 7.47. The number of methoxy groups -OCH3 is 1. The fourth-order valence-electron chi connectivity index (χ4n) is 3.62. The molecule has 26 heavy (non-hydrogen) atoms. The van der Waals surface area contributed by atoms with Crippen LogP contribution in [0.15, 0.2) is 0 Å². The lowest BCUT2D eigenvalue weighted by molar-refractivity contribution is -0.290. The zero-order valence-electron chi connectivity index (χ0n) is 15.2. The molecular formula is C16H32N2O8. The van der Waals surface area contributed by atoms with Gasteiger partial charge in [0.25, 0.3) is 0 Å². The molecule has 0 aromatic heterocycles. The Labute approximate surface area is 152 Å². The summed E-state index contributed by atoms with van der Waals surface area (Å²) < 4.78 is 16.5. The number of hydrogen-bond donors (Lipinski definition) is 7. The van der Waals surface area contributed by atoms with Crippen LogP contribution in [0.1, 0.15) is 19.8 Å². The fourth-order valence-corrected chi connectivity index (χ4v) is 3.62. The van der Waals surface area contributed by atoms with Gasteiger partial charge < -0.3 is 50.8 Å². The standard InChI is InChI=1S/C16H32N2O8/c1-16(23)4-11(21)15(25-7-16)26-14-10(18-8(5-19)6-20)3-9(17)13(24-2)12(14)22/h8-15,18-23H,3-7,17H2,1-2H3/t9?,10?,11?,12?,13-,14+,15?,16-/m1/s1. The average Bonchev–Trinajstić information content (AvgIpc) is 2.57. The second kappa shape index (κ2) is 9.20. The molecular weight excluding hydrogens is 348 g/mol. The Hall–Kier alpha value is -0.400. The minimum Gasteiger partial charge on any atom is -0.395 e. The third kappa shape index (κ3) is 5.10. The number of rotatable bonds is 7. The van der Waals surface area contributed by atoms with Crippen molar-refractivity contribution < 1.29 is 39.7 Å². The average molecular weight is 380 g/mol. The van der Waals surface area contributed by atoms with Gasteiger partial charge in [-0.2, -0.15) is 0 Å². The van der Waals surface area contributed by atoms with E-state index in [2.05, 4.69) is 5.32 Å². The summed E-state index contributed by atoms with van der Waals surface area (Å²) in [4.78, 5) is 0. The van der Waals surface area contributed by atoms with Crippen LogP contribution in [0.2, 0.25) is 0 Å². The molecule has 10 nitrogen and oxygen atoms in total. The van der Waals surface area contributed by atoms with E-state index in [1.165, 1.54) is 7.11 Å². The lowest BCUT2D eigenvalue weighted by atomic mass is 9.83. The highest BCUT2D eigenvalue weighted by molar-refractivity contribution is 5.01. The smallest absolute Gasteiger partial charge is 0.184 e. The quantitative estimate of drug-likeness (QED) is 0.237. The molecule has 1 saturated heterocycles. The number of aliphatic hydroxyl groups excluding tert-OH is 4. The number of nitrogens with one attached hydrogen (secondary N) is 1. The normalized spacial score (nSPS) is 44.4. The maximum Gasteiger partial charge on any atom is 0.184 e. The van der Waals surface area contributed by atoms with E-state index in [1.807, 2.05) is 0 Å². The van der Waals surface area contributed by atoms with Crippen LogP contribution in [0.25, 0.3) is 0 Å². The monoisotopic (exact) mass is 380 g/mol. The lowest BCUT2D eigenvalue weighted by Crippen LogP contribution is -2.66.